The van der Waals surface area contributed by atoms with Gasteiger partial charge in [0, 0.05) is 5.56 Å². The number of aryl methyl sites for hydroxylation is 2. The van der Waals surface area contributed by atoms with Gasteiger partial charge in [0.1, 0.15) is 24.7 Å². The molecule has 2 amide bonds. The fraction of sp³-hybridized carbons (Fsp3) is 0.200. The molecule has 0 atom stereocenters. The minimum Gasteiger partial charge on any atom is -0.490 e. The zero-order valence-electron chi connectivity index (χ0n) is 14.6. The van der Waals surface area contributed by atoms with Crippen molar-refractivity contribution >= 4 is 29.0 Å². The molecule has 0 radical (unpaired) electrons. The molecule has 5 nitrogen and oxygen atoms in total. The highest BCUT2D eigenvalue weighted by Gasteiger charge is 2.25. The predicted octanol–water partition coefficient (Wildman–Crippen LogP) is 4.09. The summed E-state index contributed by atoms with van der Waals surface area (Å²) in [4.78, 5) is 23.3. The van der Waals surface area contributed by atoms with Gasteiger partial charge in [-0.2, -0.15) is 0 Å². The maximum absolute atomic E-state index is 11.7. The molecule has 0 saturated carbocycles. The van der Waals surface area contributed by atoms with Crippen LogP contribution in [0.15, 0.2) is 47.4 Å². The van der Waals surface area contributed by atoms with Gasteiger partial charge in [-0.1, -0.05) is 24.3 Å². The highest BCUT2D eigenvalue weighted by molar-refractivity contribution is 8.18. The zero-order chi connectivity index (χ0) is 18.5. The van der Waals surface area contributed by atoms with Gasteiger partial charge in [-0.15, -0.1) is 0 Å². The van der Waals surface area contributed by atoms with E-state index in [1.165, 1.54) is 0 Å². The molecule has 1 aliphatic heterocycles. The molecular weight excluding hydrogens is 350 g/mol. The first kappa shape index (κ1) is 18.1. The SMILES string of the molecule is Cc1cc(C)cc(OCCOc2ccccc2/C=C2\SC(=O)NC2=O)c1. The third-order valence-corrected chi connectivity index (χ3v) is 4.46. The van der Waals surface area contributed by atoms with Crippen LogP contribution in [-0.4, -0.2) is 24.4 Å². The van der Waals surface area contributed by atoms with Crippen LogP contribution in [0.2, 0.25) is 0 Å². The van der Waals surface area contributed by atoms with E-state index < -0.39 is 0 Å². The third kappa shape index (κ3) is 4.67. The predicted molar refractivity (Wildman–Crippen MR) is 102 cm³/mol. The third-order valence-electron chi connectivity index (χ3n) is 3.65. The Balaban J connectivity index is 1.61. The average molecular weight is 369 g/mol. The number of hydrogen-bond donors (Lipinski definition) is 1. The van der Waals surface area contributed by atoms with Crippen molar-refractivity contribution in [3.63, 3.8) is 0 Å². The summed E-state index contributed by atoms with van der Waals surface area (Å²) >= 11 is 0.887. The van der Waals surface area contributed by atoms with Crippen molar-refractivity contribution in [2.24, 2.45) is 0 Å². The van der Waals surface area contributed by atoms with Gasteiger partial charge in [0.05, 0.1) is 4.91 Å². The van der Waals surface area contributed by atoms with Gasteiger partial charge in [-0.05, 0) is 61.0 Å². The lowest BCUT2D eigenvalue weighted by atomic mass is 10.1. The quantitative estimate of drug-likeness (QED) is 0.614. The second-order valence-electron chi connectivity index (χ2n) is 5.91. The van der Waals surface area contributed by atoms with E-state index in [1.807, 2.05) is 50.2 Å². The van der Waals surface area contributed by atoms with Crippen LogP contribution in [0.1, 0.15) is 16.7 Å². The van der Waals surface area contributed by atoms with Crippen molar-refractivity contribution in [1.82, 2.24) is 5.32 Å². The van der Waals surface area contributed by atoms with Gasteiger partial charge in [-0.3, -0.25) is 14.9 Å². The molecule has 0 bridgehead atoms. The van der Waals surface area contributed by atoms with Gasteiger partial charge >= 0.3 is 0 Å². The number of carbonyl (C=O) groups is 2. The summed E-state index contributed by atoms with van der Waals surface area (Å²) < 4.78 is 11.5. The minimum atomic E-state index is -0.382. The largest absolute Gasteiger partial charge is 0.490 e. The number of rotatable bonds is 6. The normalized spacial score (nSPS) is 15.2. The number of ether oxygens (including phenoxy) is 2. The molecule has 1 aliphatic rings. The van der Waals surface area contributed by atoms with Crippen molar-refractivity contribution in [2.45, 2.75) is 13.8 Å². The van der Waals surface area contributed by atoms with E-state index >= 15 is 0 Å². The zero-order valence-corrected chi connectivity index (χ0v) is 15.4. The Labute approximate surface area is 156 Å². The average Bonchev–Trinajstić information content (AvgIpc) is 2.89. The van der Waals surface area contributed by atoms with Crippen molar-refractivity contribution in [3.8, 4) is 11.5 Å². The first-order chi connectivity index (χ1) is 12.5. The van der Waals surface area contributed by atoms with E-state index in [2.05, 4.69) is 11.4 Å². The summed E-state index contributed by atoms with van der Waals surface area (Å²) in [6, 6.07) is 13.4. The highest BCUT2D eigenvalue weighted by atomic mass is 32.2. The molecule has 26 heavy (non-hydrogen) atoms. The number of hydrogen-bond acceptors (Lipinski definition) is 5. The van der Waals surface area contributed by atoms with E-state index in [9.17, 15) is 9.59 Å². The Morgan fingerprint density at radius 1 is 1.00 bits per heavy atom. The van der Waals surface area contributed by atoms with Crippen LogP contribution in [-0.2, 0) is 4.79 Å². The first-order valence-electron chi connectivity index (χ1n) is 8.19. The van der Waals surface area contributed by atoms with Crippen molar-refractivity contribution in [3.05, 3.63) is 64.1 Å². The standard InChI is InChI=1S/C20H19NO4S/c1-13-9-14(2)11-16(10-13)24-7-8-25-17-6-4-3-5-15(17)12-18-19(22)21-20(23)26-18/h3-6,9-12H,7-8H2,1-2H3,(H,21,22,23)/b18-12-. The summed E-state index contributed by atoms with van der Waals surface area (Å²) in [5.74, 6) is 1.07. The Hall–Kier alpha value is -2.73. The van der Waals surface area contributed by atoms with Crippen molar-refractivity contribution in [1.29, 1.82) is 0 Å². The molecule has 1 heterocycles. The van der Waals surface area contributed by atoms with Crippen LogP contribution in [0.3, 0.4) is 0 Å². The Kier molecular flexibility index (Phi) is 5.63. The van der Waals surface area contributed by atoms with Gasteiger partial charge in [-0.25, -0.2) is 0 Å². The van der Waals surface area contributed by atoms with Crippen molar-refractivity contribution in [2.75, 3.05) is 13.2 Å². The summed E-state index contributed by atoms with van der Waals surface area (Å²) in [7, 11) is 0. The van der Waals surface area contributed by atoms with Crippen LogP contribution in [0.25, 0.3) is 6.08 Å². The smallest absolute Gasteiger partial charge is 0.290 e. The minimum absolute atomic E-state index is 0.359. The number of para-hydroxylation sites is 1. The monoisotopic (exact) mass is 369 g/mol. The van der Waals surface area contributed by atoms with E-state index in [4.69, 9.17) is 9.47 Å². The van der Waals surface area contributed by atoms with Crippen LogP contribution < -0.4 is 14.8 Å². The van der Waals surface area contributed by atoms with Gasteiger partial charge in [0.25, 0.3) is 11.1 Å². The topological polar surface area (TPSA) is 64.6 Å². The Morgan fingerprint density at radius 3 is 2.38 bits per heavy atom. The van der Waals surface area contributed by atoms with E-state index in [1.54, 1.807) is 6.08 Å². The molecule has 134 valence electrons. The molecule has 0 unspecified atom stereocenters. The number of benzene rings is 2. The lowest BCUT2D eigenvalue weighted by Gasteiger charge is -2.11. The molecule has 1 saturated heterocycles. The van der Waals surface area contributed by atoms with Gasteiger partial charge < -0.3 is 9.47 Å². The van der Waals surface area contributed by atoms with E-state index in [0.29, 0.717) is 23.9 Å². The molecular formula is C20H19NO4S. The van der Waals surface area contributed by atoms with Crippen LogP contribution in [0, 0.1) is 13.8 Å². The van der Waals surface area contributed by atoms with Crippen LogP contribution in [0.5, 0.6) is 11.5 Å². The number of amides is 2. The maximum Gasteiger partial charge on any atom is 0.290 e. The van der Waals surface area contributed by atoms with Crippen molar-refractivity contribution < 1.29 is 19.1 Å². The van der Waals surface area contributed by atoms with Gasteiger partial charge in [0.2, 0.25) is 0 Å². The molecule has 0 spiro atoms. The first-order valence-corrected chi connectivity index (χ1v) is 9.01. The van der Waals surface area contributed by atoms with Gasteiger partial charge in [0.15, 0.2) is 0 Å². The molecule has 2 aromatic carbocycles. The summed E-state index contributed by atoms with van der Waals surface area (Å²) in [6.07, 6.45) is 1.66. The van der Waals surface area contributed by atoms with E-state index in [0.717, 1.165) is 34.2 Å². The second kappa shape index (κ2) is 8.10. The second-order valence-corrected chi connectivity index (χ2v) is 6.93. The van der Waals surface area contributed by atoms with Crippen LogP contribution >= 0.6 is 11.8 Å². The highest BCUT2D eigenvalue weighted by Crippen LogP contribution is 2.29. The lowest BCUT2D eigenvalue weighted by molar-refractivity contribution is -0.115. The Bertz CT molecular complexity index is 856. The molecule has 6 heteroatoms. The molecule has 0 aromatic heterocycles. The molecule has 3 rings (SSSR count). The van der Waals surface area contributed by atoms with Crippen LogP contribution in [0.4, 0.5) is 4.79 Å². The summed E-state index contributed by atoms with van der Waals surface area (Å²) in [5, 5.41) is 1.88. The summed E-state index contributed by atoms with van der Waals surface area (Å²) in [5.41, 5.74) is 3.05. The number of imide groups is 1. The molecule has 1 N–H and O–H groups in total. The number of nitrogens with one attached hydrogen (secondary N) is 1. The number of carbonyl (C=O) groups excluding carboxylic acids is 2. The molecule has 1 fully saturated rings. The van der Waals surface area contributed by atoms with E-state index in [-0.39, 0.29) is 11.1 Å². The molecule has 2 aromatic rings. The summed E-state index contributed by atoms with van der Waals surface area (Å²) in [6.45, 7) is 4.83. The molecule has 0 aliphatic carbocycles. The maximum atomic E-state index is 11.7. The Morgan fingerprint density at radius 2 is 1.69 bits per heavy atom. The lowest BCUT2D eigenvalue weighted by Crippen LogP contribution is -2.17. The fourth-order valence-corrected chi connectivity index (χ4v) is 3.29. The fourth-order valence-electron chi connectivity index (χ4n) is 2.62. The number of thioether (sulfide) groups is 1.